The van der Waals surface area contributed by atoms with Crippen LogP contribution in [-0.2, 0) is 21.2 Å². The summed E-state index contributed by atoms with van der Waals surface area (Å²) in [5.41, 5.74) is 1.96. The Morgan fingerprint density at radius 2 is 1.82 bits per heavy atom. The monoisotopic (exact) mass is 424 g/mol. The van der Waals surface area contributed by atoms with Crippen molar-refractivity contribution < 1.29 is 18.3 Å². The molecule has 0 bridgehead atoms. The first-order valence-electron chi connectivity index (χ1n) is 9.07. The van der Waals surface area contributed by atoms with Gasteiger partial charge in [0.15, 0.2) is 0 Å². The maximum absolute atomic E-state index is 12.6. The van der Waals surface area contributed by atoms with Crippen LogP contribution in [-0.4, -0.2) is 36.8 Å². The van der Waals surface area contributed by atoms with Gasteiger partial charge in [-0.3, -0.25) is 4.79 Å². The largest absolute Gasteiger partial charge is 0.506 e. The number of hydrogen-bond acceptors (Lipinski definition) is 4. The Hall–Kier alpha value is -2.09. The molecule has 0 saturated heterocycles. The highest BCUT2D eigenvalue weighted by molar-refractivity contribution is 7.89. The van der Waals surface area contributed by atoms with Crippen LogP contribution in [0.25, 0.3) is 0 Å². The third-order valence-electron chi connectivity index (χ3n) is 4.46. The smallest absolute Gasteiger partial charge is 0.243 e. The van der Waals surface area contributed by atoms with Crippen molar-refractivity contribution in [1.29, 1.82) is 0 Å². The van der Waals surface area contributed by atoms with Gasteiger partial charge in [0.25, 0.3) is 0 Å². The molecule has 2 N–H and O–H groups in total. The molecule has 2 aromatic rings. The Labute approximate surface area is 171 Å². The molecule has 0 saturated carbocycles. The fourth-order valence-electron chi connectivity index (χ4n) is 2.75. The molecular weight excluding hydrogens is 400 g/mol. The maximum Gasteiger partial charge on any atom is 0.243 e. The second-order valence-electron chi connectivity index (χ2n) is 6.40. The number of hydrogen-bond donors (Lipinski definition) is 2. The number of rotatable bonds is 8. The van der Waals surface area contributed by atoms with E-state index >= 15 is 0 Å². The summed E-state index contributed by atoms with van der Waals surface area (Å²) < 4.78 is 26.6. The van der Waals surface area contributed by atoms with Crippen LogP contribution in [0.15, 0.2) is 41.3 Å². The minimum Gasteiger partial charge on any atom is -0.506 e. The van der Waals surface area contributed by atoms with Crippen LogP contribution in [0.2, 0.25) is 5.02 Å². The third-order valence-corrected chi connectivity index (χ3v) is 6.92. The van der Waals surface area contributed by atoms with Crippen LogP contribution in [0.3, 0.4) is 0 Å². The normalized spacial score (nSPS) is 11.6. The highest BCUT2D eigenvalue weighted by Gasteiger charge is 2.23. The summed E-state index contributed by atoms with van der Waals surface area (Å²) in [4.78, 5) is 12.3. The van der Waals surface area contributed by atoms with Crippen LogP contribution >= 0.6 is 11.6 Å². The minimum absolute atomic E-state index is 0.0228. The highest BCUT2D eigenvalue weighted by atomic mass is 35.5. The predicted octanol–water partition coefficient (Wildman–Crippen LogP) is 3.96. The van der Waals surface area contributed by atoms with Crippen molar-refractivity contribution in [2.75, 3.05) is 18.4 Å². The predicted molar refractivity (Wildman–Crippen MR) is 111 cm³/mol. The lowest BCUT2D eigenvalue weighted by Gasteiger charge is -2.19. The van der Waals surface area contributed by atoms with E-state index in [1.807, 2.05) is 25.1 Å². The molecule has 28 heavy (non-hydrogen) atoms. The van der Waals surface area contributed by atoms with Crippen LogP contribution in [0.4, 0.5) is 5.69 Å². The maximum atomic E-state index is 12.6. The van der Waals surface area contributed by atoms with Gasteiger partial charge in [0, 0.05) is 24.5 Å². The van der Waals surface area contributed by atoms with Gasteiger partial charge in [-0.05, 0) is 48.7 Å². The Bertz CT molecular complexity index is 957. The van der Waals surface area contributed by atoms with Gasteiger partial charge in [0.05, 0.1) is 10.6 Å². The molecule has 0 aliphatic rings. The molecule has 0 aromatic heterocycles. The fraction of sp³-hybridized carbons (Fsp3) is 0.350. The van der Waals surface area contributed by atoms with Crippen molar-refractivity contribution >= 4 is 33.2 Å². The number of sulfonamides is 1. The molecule has 152 valence electrons. The standard InChI is InChI=1S/C20H25ClN2O4S/c1-4-23(5-2)28(26,27)16-9-10-19(24)18(13-16)22-20(25)11-8-15-7-6-14(3)17(21)12-15/h6-7,9-10,12-13,24H,4-5,8,11H2,1-3H3,(H,22,25). The van der Waals surface area contributed by atoms with Crippen molar-refractivity contribution in [2.45, 2.75) is 38.5 Å². The lowest BCUT2D eigenvalue weighted by Crippen LogP contribution is -2.30. The van der Waals surface area contributed by atoms with E-state index in [1.165, 1.54) is 22.5 Å². The first-order valence-corrected chi connectivity index (χ1v) is 10.9. The number of carbonyl (C=O) groups excluding carboxylic acids is 1. The zero-order chi connectivity index (χ0) is 20.9. The third kappa shape index (κ3) is 5.25. The summed E-state index contributed by atoms with van der Waals surface area (Å²) >= 11 is 6.09. The number of benzene rings is 2. The average Bonchev–Trinajstić information content (AvgIpc) is 2.65. The number of aromatic hydroxyl groups is 1. The number of aryl methyl sites for hydroxylation is 2. The number of anilines is 1. The summed E-state index contributed by atoms with van der Waals surface area (Å²) in [5, 5.41) is 13.2. The van der Waals surface area contributed by atoms with Crippen LogP contribution < -0.4 is 5.32 Å². The zero-order valence-electron chi connectivity index (χ0n) is 16.2. The van der Waals surface area contributed by atoms with E-state index in [0.29, 0.717) is 24.5 Å². The van der Waals surface area contributed by atoms with E-state index in [2.05, 4.69) is 5.32 Å². The molecule has 0 aliphatic heterocycles. The number of amides is 1. The summed E-state index contributed by atoms with van der Waals surface area (Å²) in [6.07, 6.45) is 0.649. The molecule has 8 heteroatoms. The lowest BCUT2D eigenvalue weighted by atomic mass is 10.1. The van der Waals surface area contributed by atoms with E-state index in [0.717, 1.165) is 11.1 Å². The number of nitrogens with one attached hydrogen (secondary N) is 1. The molecular formula is C20H25ClN2O4S. The van der Waals surface area contributed by atoms with Gasteiger partial charge in [-0.1, -0.05) is 37.6 Å². The van der Waals surface area contributed by atoms with Crippen molar-refractivity contribution in [3.63, 3.8) is 0 Å². The lowest BCUT2D eigenvalue weighted by molar-refractivity contribution is -0.116. The van der Waals surface area contributed by atoms with E-state index in [1.54, 1.807) is 13.8 Å². The second kappa shape index (κ2) is 9.41. The van der Waals surface area contributed by atoms with E-state index in [-0.39, 0.29) is 28.7 Å². The fourth-order valence-corrected chi connectivity index (χ4v) is 4.44. The summed E-state index contributed by atoms with van der Waals surface area (Å²) in [5.74, 6) is -0.519. The molecule has 0 heterocycles. The van der Waals surface area contributed by atoms with Gasteiger partial charge in [0.1, 0.15) is 5.75 Å². The molecule has 0 fully saturated rings. The van der Waals surface area contributed by atoms with Gasteiger partial charge < -0.3 is 10.4 Å². The molecule has 6 nitrogen and oxygen atoms in total. The van der Waals surface area contributed by atoms with Gasteiger partial charge >= 0.3 is 0 Å². The quantitative estimate of drug-likeness (QED) is 0.628. The van der Waals surface area contributed by atoms with Crippen LogP contribution in [0.5, 0.6) is 5.75 Å². The Kier molecular flexibility index (Phi) is 7.46. The number of carbonyl (C=O) groups is 1. The Morgan fingerprint density at radius 1 is 1.14 bits per heavy atom. The molecule has 0 atom stereocenters. The van der Waals surface area contributed by atoms with E-state index < -0.39 is 10.0 Å². The van der Waals surface area contributed by atoms with Crippen molar-refractivity contribution in [2.24, 2.45) is 0 Å². The number of halogens is 1. The Morgan fingerprint density at radius 3 is 2.43 bits per heavy atom. The molecule has 0 spiro atoms. The molecule has 2 aromatic carbocycles. The SMILES string of the molecule is CCN(CC)S(=O)(=O)c1ccc(O)c(NC(=O)CCc2ccc(C)c(Cl)c2)c1. The van der Waals surface area contributed by atoms with Crippen molar-refractivity contribution in [3.05, 3.63) is 52.5 Å². The van der Waals surface area contributed by atoms with Crippen molar-refractivity contribution in [1.82, 2.24) is 4.31 Å². The van der Waals surface area contributed by atoms with E-state index in [4.69, 9.17) is 11.6 Å². The molecule has 2 rings (SSSR count). The minimum atomic E-state index is -3.68. The average molecular weight is 425 g/mol. The number of phenolic OH excluding ortho intramolecular Hbond substituents is 1. The summed E-state index contributed by atoms with van der Waals surface area (Å²) in [6, 6.07) is 9.49. The van der Waals surface area contributed by atoms with Crippen LogP contribution in [0.1, 0.15) is 31.4 Å². The molecule has 1 amide bonds. The molecule has 0 aliphatic carbocycles. The van der Waals surface area contributed by atoms with Gasteiger partial charge in [0.2, 0.25) is 15.9 Å². The number of nitrogens with zero attached hydrogens (tertiary/aromatic N) is 1. The summed E-state index contributed by atoms with van der Waals surface area (Å²) in [7, 11) is -3.68. The highest BCUT2D eigenvalue weighted by Crippen LogP contribution is 2.28. The topological polar surface area (TPSA) is 86.7 Å². The molecule has 0 radical (unpaired) electrons. The first kappa shape index (κ1) is 22.2. The van der Waals surface area contributed by atoms with Crippen LogP contribution in [0, 0.1) is 6.92 Å². The van der Waals surface area contributed by atoms with E-state index in [9.17, 15) is 18.3 Å². The first-order chi connectivity index (χ1) is 13.2. The zero-order valence-corrected chi connectivity index (χ0v) is 17.8. The second-order valence-corrected chi connectivity index (χ2v) is 8.75. The van der Waals surface area contributed by atoms with Crippen molar-refractivity contribution in [3.8, 4) is 5.75 Å². The Balaban J connectivity index is 2.12. The van der Waals surface area contributed by atoms with Gasteiger partial charge in [-0.25, -0.2) is 8.42 Å². The van der Waals surface area contributed by atoms with Gasteiger partial charge in [-0.2, -0.15) is 4.31 Å². The summed E-state index contributed by atoms with van der Waals surface area (Å²) in [6.45, 7) is 6.07. The van der Waals surface area contributed by atoms with Gasteiger partial charge in [-0.15, -0.1) is 0 Å². The molecule has 0 unspecified atom stereocenters. The number of phenols is 1.